The van der Waals surface area contributed by atoms with Crippen molar-refractivity contribution in [2.45, 2.75) is 20.8 Å². The minimum Gasteiger partial charge on any atom is -0.461 e. The van der Waals surface area contributed by atoms with E-state index < -0.39 is 5.97 Å². The van der Waals surface area contributed by atoms with Crippen LogP contribution >= 0.6 is 0 Å². The molecule has 10 nitrogen and oxygen atoms in total. The summed E-state index contributed by atoms with van der Waals surface area (Å²) in [5, 5.41) is 12.5. The Bertz CT molecular complexity index is 1340. The number of nitrogens with one attached hydrogen (secondary N) is 2. The lowest BCUT2D eigenvalue weighted by atomic mass is 9.92. The van der Waals surface area contributed by atoms with Gasteiger partial charge in [-0.05, 0) is 54.8 Å². The molecule has 2 N–H and O–H groups in total. The van der Waals surface area contributed by atoms with Crippen molar-refractivity contribution in [2.24, 2.45) is 5.92 Å². The maximum atomic E-state index is 12.9. The maximum Gasteiger partial charge on any atom is 0.357 e. The lowest BCUT2D eigenvalue weighted by Gasteiger charge is -2.29. The lowest BCUT2D eigenvalue weighted by Crippen LogP contribution is -2.36. The molecule has 0 radical (unpaired) electrons. The van der Waals surface area contributed by atoms with E-state index in [4.69, 9.17) is 24.6 Å². The van der Waals surface area contributed by atoms with Crippen LogP contribution in [-0.2, 0) is 14.2 Å². The number of hydrogen-bond donors (Lipinski definition) is 2. The van der Waals surface area contributed by atoms with Crippen LogP contribution < -0.4 is 15.1 Å². The van der Waals surface area contributed by atoms with Gasteiger partial charge in [-0.2, -0.15) is 0 Å². The van der Waals surface area contributed by atoms with Gasteiger partial charge in [-0.25, -0.2) is 14.8 Å². The van der Waals surface area contributed by atoms with Crippen LogP contribution in [0.2, 0.25) is 0 Å². The van der Waals surface area contributed by atoms with Crippen LogP contribution in [-0.4, -0.2) is 81.9 Å². The zero-order chi connectivity index (χ0) is 29.4. The number of benzene rings is 1. The van der Waals surface area contributed by atoms with Crippen LogP contribution in [0.4, 0.5) is 23.0 Å². The van der Waals surface area contributed by atoms with Gasteiger partial charge in [-0.15, -0.1) is 0 Å². The fourth-order valence-corrected chi connectivity index (χ4v) is 4.59. The molecule has 0 amide bonds. The Morgan fingerprint density at radius 2 is 1.98 bits per heavy atom. The highest BCUT2D eigenvalue weighted by atomic mass is 16.5. The first-order valence-electron chi connectivity index (χ1n) is 14.0. The molecule has 1 aromatic carbocycles. The van der Waals surface area contributed by atoms with Crippen molar-refractivity contribution in [3.8, 4) is 11.1 Å². The molecule has 1 fully saturated rings. The summed E-state index contributed by atoms with van der Waals surface area (Å²) in [5.74, 6) is 0.607. The smallest absolute Gasteiger partial charge is 0.357 e. The molecule has 218 valence electrons. The number of carbonyl (C=O) groups excluding carboxylic acids is 1. The molecule has 0 atom stereocenters. The highest BCUT2D eigenvalue weighted by Crippen LogP contribution is 2.34. The Labute approximate surface area is 242 Å². The molecule has 1 aliphatic rings. The standard InChI is InChI=1S/C31H40N6O4/c1-6-41-31(38)26-19-25(22-10-11-27(33-20-22)36(4)12-15-39-5)28(29(32)21(2)3)30(35-26)34-23-8-7-9-24(18-23)37-13-16-40-17-14-37/h7-11,18-21,32H,6,12-17H2,1-5H3,(H,34,35). The molecule has 4 rings (SSSR count). The van der Waals surface area contributed by atoms with Crippen LogP contribution in [0.3, 0.4) is 0 Å². The topological polar surface area (TPSA) is 113 Å². The number of esters is 1. The number of nitrogens with zero attached hydrogens (tertiary/aromatic N) is 4. The van der Waals surface area contributed by atoms with Crippen molar-refractivity contribution < 1.29 is 19.0 Å². The van der Waals surface area contributed by atoms with Gasteiger partial charge in [0.2, 0.25) is 0 Å². The lowest BCUT2D eigenvalue weighted by molar-refractivity contribution is 0.0519. The molecule has 0 spiro atoms. The van der Waals surface area contributed by atoms with Crippen molar-refractivity contribution in [1.29, 1.82) is 5.41 Å². The van der Waals surface area contributed by atoms with Gasteiger partial charge in [0.05, 0.1) is 26.4 Å². The summed E-state index contributed by atoms with van der Waals surface area (Å²) in [5.41, 5.74) is 4.51. The first kappa shape index (κ1) is 30.0. The Balaban J connectivity index is 1.80. The molecule has 3 heterocycles. The number of likely N-dealkylation sites (N-methyl/N-ethyl adjacent to an activating group) is 1. The van der Waals surface area contributed by atoms with Crippen molar-refractivity contribution in [1.82, 2.24) is 9.97 Å². The summed E-state index contributed by atoms with van der Waals surface area (Å²) < 4.78 is 16.0. The van der Waals surface area contributed by atoms with Gasteiger partial charge in [-0.3, -0.25) is 0 Å². The fraction of sp³-hybridized carbons (Fsp3) is 0.419. The van der Waals surface area contributed by atoms with Gasteiger partial charge in [0.1, 0.15) is 11.6 Å². The molecule has 1 saturated heterocycles. The summed E-state index contributed by atoms with van der Waals surface area (Å²) in [6.07, 6.45) is 1.77. The summed E-state index contributed by atoms with van der Waals surface area (Å²) in [7, 11) is 3.63. The summed E-state index contributed by atoms with van der Waals surface area (Å²) in [6.45, 7) is 10.2. The van der Waals surface area contributed by atoms with Crippen LogP contribution in [0.5, 0.6) is 0 Å². The first-order chi connectivity index (χ1) is 19.8. The van der Waals surface area contributed by atoms with Crippen LogP contribution in [0, 0.1) is 11.3 Å². The molecule has 3 aromatic rings. The van der Waals surface area contributed by atoms with Crippen LogP contribution in [0.15, 0.2) is 48.7 Å². The van der Waals surface area contributed by atoms with E-state index in [1.54, 1.807) is 26.3 Å². The van der Waals surface area contributed by atoms with Crippen molar-refractivity contribution in [3.63, 3.8) is 0 Å². The van der Waals surface area contributed by atoms with Gasteiger partial charge in [0.25, 0.3) is 0 Å². The molecule has 0 saturated carbocycles. The molecular formula is C31H40N6O4. The van der Waals surface area contributed by atoms with Crippen molar-refractivity contribution >= 4 is 34.7 Å². The minimum atomic E-state index is -0.523. The largest absolute Gasteiger partial charge is 0.461 e. The number of morpholine rings is 1. The number of hydrogen-bond acceptors (Lipinski definition) is 10. The highest BCUT2D eigenvalue weighted by molar-refractivity contribution is 6.10. The third kappa shape index (κ3) is 7.39. The summed E-state index contributed by atoms with van der Waals surface area (Å²) >= 11 is 0. The van der Waals surface area contributed by atoms with E-state index in [1.165, 1.54) is 0 Å². The van der Waals surface area contributed by atoms with Crippen molar-refractivity contribution in [2.75, 3.05) is 75.3 Å². The molecule has 0 aliphatic carbocycles. The van der Waals surface area contributed by atoms with Gasteiger partial charge in [0, 0.05) is 68.2 Å². The zero-order valence-corrected chi connectivity index (χ0v) is 24.6. The maximum absolute atomic E-state index is 12.9. The van der Waals surface area contributed by atoms with E-state index in [9.17, 15) is 4.79 Å². The molecule has 0 bridgehead atoms. The normalized spacial score (nSPS) is 13.3. The van der Waals surface area contributed by atoms with E-state index in [2.05, 4.69) is 27.3 Å². The fourth-order valence-electron chi connectivity index (χ4n) is 4.59. The van der Waals surface area contributed by atoms with Crippen molar-refractivity contribution in [3.05, 3.63) is 59.9 Å². The molecular weight excluding hydrogens is 520 g/mol. The van der Waals surface area contributed by atoms with E-state index in [-0.39, 0.29) is 18.2 Å². The number of pyridine rings is 2. The predicted octanol–water partition coefficient (Wildman–Crippen LogP) is 5.01. The molecule has 10 heteroatoms. The SMILES string of the molecule is CCOC(=O)c1cc(-c2ccc(N(C)CCOC)nc2)c(C(=N)C(C)C)c(Nc2cccc(N3CCOCC3)c2)n1. The molecule has 0 unspecified atom stereocenters. The quantitative estimate of drug-likeness (QED) is 0.233. The number of anilines is 4. The van der Waals surface area contributed by atoms with Gasteiger partial charge >= 0.3 is 5.97 Å². The van der Waals surface area contributed by atoms with Gasteiger partial charge in [0.15, 0.2) is 5.69 Å². The Kier molecular flexibility index (Phi) is 10.3. The van der Waals surface area contributed by atoms with E-state index in [0.29, 0.717) is 49.0 Å². The minimum absolute atomic E-state index is 0.0864. The molecule has 41 heavy (non-hydrogen) atoms. The van der Waals surface area contributed by atoms with Crippen LogP contribution in [0.1, 0.15) is 36.8 Å². The Morgan fingerprint density at radius 1 is 1.20 bits per heavy atom. The second-order valence-electron chi connectivity index (χ2n) is 10.2. The van der Waals surface area contributed by atoms with E-state index in [0.717, 1.165) is 35.8 Å². The van der Waals surface area contributed by atoms with E-state index in [1.807, 2.05) is 50.1 Å². The number of aromatic nitrogens is 2. The number of rotatable bonds is 12. The summed E-state index contributed by atoms with van der Waals surface area (Å²) in [4.78, 5) is 26.6. The number of carbonyl (C=O) groups is 1. The predicted molar refractivity (Wildman–Crippen MR) is 163 cm³/mol. The monoisotopic (exact) mass is 560 g/mol. The second-order valence-corrected chi connectivity index (χ2v) is 10.2. The number of ether oxygens (including phenoxy) is 3. The third-order valence-electron chi connectivity index (χ3n) is 6.92. The average Bonchev–Trinajstić information content (AvgIpc) is 3.00. The Hall–Kier alpha value is -4.02. The van der Waals surface area contributed by atoms with E-state index >= 15 is 0 Å². The van der Waals surface area contributed by atoms with Gasteiger partial charge in [-0.1, -0.05) is 19.9 Å². The molecule has 2 aromatic heterocycles. The summed E-state index contributed by atoms with van der Waals surface area (Å²) in [6, 6.07) is 13.6. The number of methoxy groups -OCH3 is 1. The second kappa shape index (κ2) is 14.0. The van der Waals surface area contributed by atoms with Crippen LogP contribution in [0.25, 0.3) is 11.1 Å². The Morgan fingerprint density at radius 3 is 2.63 bits per heavy atom. The molecule has 1 aliphatic heterocycles. The highest BCUT2D eigenvalue weighted by Gasteiger charge is 2.24. The zero-order valence-electron chi connectivity index (χ0n) is 24.6. The van der Waals surface area contributed by atoms with Gasteiger partial charge < -0.3 is 34.7 Å². The third-order valence-corrected chi connectivity index (χ3v) is 6.92. The average molecular weight is 561 g/mol. The first-order valence-corrected chi connectivity index (χ1v) is 14.0.